The van der Waals surface area contributed by atoms with Crippen LogP contribution in [0.25, 0.3) is 10.9 Å². The Labute approximate surface area is 160 Å². The van der Waals surface area contributed by atoms with Crippen molar-refractivity contribution in [2.75, 3.05) is 26.2 Å². The first-order valence-corrected chi connectivity index (χ1v) is 9.00. The summed E-state index contributed by atoms with van der Waals surface area (Å²) in [4.78, 5) is 38.0. The second-order valence-corrected chi connectivity index (χ2v) is 6.87. The van der Waals surface area contributed by atoms with Gasteiger partial charge in [-0.2, -0.15) is 0 Å². The fraction of sp³-hybridized carbons (Fsp3) is 0.421. The summed E-state index contributed by atoms with van der Waals surface area (Å²) in [6.45, 7) is 3.27. The maximum atomic E-state index is 13.8. The van der Waals surface area contributed by atoms with E-state index in [9.17, 15) is 23.9 Å². The third-order valence-electron chi connectivity index (χ3n) is 5.09. The van der Waals surface area contributed by atoms with Crippen LogP contribution in [0.4, 0.5) is 4.39 Å². The van der Waals surface area contributed by atoms with E-state index in [0.29, 0.717) is 42.6 Å². The molecule has 2 N–H and O–H groups in total. The number of carbonyl (C=O) groups excluding carboxylic acids is 1. The lowest BCUT2D eigenvalue weighted by atomic mass is 10.0. The predicted molar refractivity (Wildman–Crippen MR) is 98.4 cm³/mol. The minimum absolute atomic E-state index is 0.0488. The molecular weight excluding hydrogens is 369 g/mol. The molecule has 1 amide bonds. The normalized spacial score (nSPS) is 16.3. The van der Waals surface area contributed by atoms with Gasteiger partial charge in [0.25, 0.3) is 0 Å². The fourth-order valence-electron chi connectivity index (χ4n) is 3.69. The second kappa shape index (κ2) is 7.97. The van der Waals surface area contributed by atoms with Crippen LogP contribution in [0, 0.1) is 5.82 Å². The highest BCUT2D eigenvalue weighted by Gasteiger charge is 2.33. The first kappa shape index (κ1) is 19.8. The van der Waals surface area contributed by atoms with E-state index in [4.69, 9.17) is 5.11 Å². The van der Waals surface area contributed by atoms with E-state index in [2.05, 4.69) is 0 Å². The third-order valence-corrected chi connectivity index (χ3v) is 5.09. The van der Waals surface area contributed by atoms with Gasteiger partial charge < -0.3 is 19.7 Å². The molecule has 1 aromatic heterocycles. The predicted octanol–water partition coefficient (Wildman–Crippen LogP) is 1.54. The molecule has 0 spiro atoms. The zero-order chi connectivity index (χ0) is 20.4. The number of hydrogen-bond donors (Lipinski definition) is 2. The van der Waals surface area contributed by atoms with Crippen molar-refractivity contribution in [2.24, 2.45) is 0 Å². The van der Waals surface area contributed by atoms with Crippen molar-refractivity contribution in [3.63, 3.8) is 0 Å². The van der Waals surface area contributed by atoms with Crippen molar-refractivity contribution in [3.8, 4) is 0 Å². The summed E-state index contributed by atoms with van der Waals surface area (Å²) in [5.74, 6) is -2.56. The summed E-state index contributed by atoms with van der Waals surface area (Å²) in [6.07, 6.45) is 1.44. The monoisotopic (exact) mass is 391 g/mol. The summed E-state index contributed by atoms with van der Waals surface area (Å²) >= 11 is 0. The van der Waals surface area contributed by atoms with Crippen LogP contribution in [0.2, 0.25) is 0 Å². The topological polar surface area (TPSA) is 103 Å². The summed E-state index contributed by atoms with van der Waals surface area (Å²) in [6, 6.07) is 3.11. The SMILES string of the molecule is CC(=O)N1CCN([C@H](C(=O)O)c2cn(CCC(=O)O)c3cc(F)ccc23)CC1. The van der Waals surface area contributed by atoms with Gasteiger partial charge in [-0.1, -0.05) is 0 Å². The van der Waals surface area contributed by atoms with E-state index in [0.717, 1.165) is 0 Å². The number of nitrogens with zero attached hydrogens (tertiary/aromatic N) is 3. The molecule has 0 unspecified atom stereocenters. The highest BCUT2D eigenvalue weighted by molar-refractivity contribution is 5.90. The van der Waals surface area contributed by atoms with Crippen molar-refractivity contribution < 1.29 is 29.0 Å². The maximum Gasteiger partial charge on any atom is 0.325 e. The van der Waals surface area contributed by atoms with Gasteiger partial charge in [-0.05, 0) is 18.2 Å². The van der Waals surface area contributed by atoms with E-state index in [1.165, 1.54) is 25.1 Å². The van der Waals surface area contributed by atoms with Crippen LogP contribution >= 0.6 is 0 Å². The van der Waals surface area contributed by atoms with Crippen LogP contribution in [0.1, 0.15) is 24.9 Å². The molecular formula is C19H22FN3O5. The number of aryl methyl sites for hydroxylation is 1. The average Bonchev–Trinajstić information content (AvgIpc) is 2.97. The summed E-state index contributed by atoms with van der Waals surface area (Å²) in [7, 11) is 0. The van der Waals surface area contributed by atoms with Gasteiger partial charge in [0, 0.05) is 56.8 Å². The second-order valence-electron chi connectivity index (χ2n) is 6.87. The molecule has 1 aliphatic heterocycles. The van der Waals surface area contributed by atoms with Crippen LogP contribution in [0.3, 0.4) is 0 Å². The van der Waals surface area contributed by atoms with Gasteiger partial charge in [0.05, 0.1) is 11.9 Å². The van der Waals surface area contributed by atoms with Gasteiger partial charge >= 0.3 is 11.9 Å². The van der Waals surface area contributed by atoms with E-state index >= 15 is 0 Å². The minimum Gasteiger partial charge on any atom is -0.481 e. The van der Waals surface area contributed by atoms with Crippen molar-refractivity contribution >= 4 is 28.7 Å². The van der Waals surface area contributed by atoms with Gasteiger partial charge in [-0.3, -0.25) is 19.3 Å². The molecule has 150 valence electrons. The van der Waals surface area contributed by atoms with Crippen LogP contribution in [-0.4, -0.2) is 68.6 Å². The number of benzene rings is 1. The van der Waals surface area contributed by atoms with Crippen molar-refractivity contribution in [1.29, 1.82) is 0 Å². The number of carbonyl (C=O) groups is 3. The summed E-state index contributed by atoms with van der Waals surface area (Å²) in [5.41, 5.74) is 0.953. The largest absolute Gasteiger partial charge is 0.481 e. The first-order chi connectivity index (χ1) is 13.3. The molecule has 0 saturated carbocycles. The number of aliphatic carboxylic acids is 2. The van der Waals surface area contributed by atoms with Crippen molar-refractivity contribution in [3.05, 3.63) is 35.8 Å². The molecule has 2 heterocycles. The molecule has 2 aromatic rings. The molecule has 1 fully saturated rings. The Bertz CT molecular complexity index is 918. The van der Waals surface area contributed by atoms with E-state index in [1.807, 2.05) is 0 Å². The minimum atomic E-state index is -1.04. The Morgan fingerprint density at radius 1 is 1.14 bits per heavy atom. The van der Waals surface area contributed by atoms with Crippen LogP contribution in [0.5, 0.6) is 0 Å². The number of fused-ring (bicyclic) bond motifs is 1. The maximum absolute atomic E-state index is 13.8. The van der Waals surface area contributed by atoms with E-state index in [-0.39, 0.29) is 18.9 Å². The molecule has 1 aromatic carbocycles. The van der Waals surface area contributed by atoms with Gasteiger partial charge in [-0.25, -0.2) is 4.39 Å². The average molecular weight is 391 g/mol. The lowest BCUT2D eigenvalue weighted by Gasteiger charge is -2.37. The number of carboxylic acids is 2. The highest BCUT2D eigenvalue weighted by Crippen LogP contribution is 2.32. The standard InChI is InChI=1S/C19H22FN3O5/c1-12(24)21-6-8-22(9-7-21)18(19(27)28)15-11-23(5-4-17(25)26)16-10-13(20)2-3-14(15)16/h2-3,10-11,18H,4-9H2,1H3,(H,25,26)(H,27,28)/t18-/m0/s1. The molecule has 1 atom stereocenters. The smallest absolute Gasteiger partial charge is 0.325 e. The number of rotatable bonds is 6. The number of piperazine rings is 1. The first-order valence-electron chi connectivity index (χ1n) is 9.00. The van der Waals surface area contributed by atoms with Crippen molar-refractivity contribution in [2.45, 2.75) is 25.9 Å². The number of aromatic nitrogens is 1. The fourth-order valence-corrected chi connectivity index (χ4v) is 3.69. The van der Waals surface area contributed by atoms with Gasteiger partial charge in [0.2, 0.25) is 5.91 Å². The zero-order valence-electron chi connectivity index (χ0n) is 15.5. The highest BCUT2D eigenvalue weighted by atomic mass is 19.1. The van der Waals surface area contributed by atoms with Crippen molar-refractivity contribution in [1.82, 2.24) is 14.4 Å². The molecule has 28 heavy (non-hydrogen) atoms. The number of carboxylic acid groups (broad SMARTS) is 2. The van der Waals surface area contributed by atoms with Crippen LogP contribution < -0.4 is 0 Å². The van der Waals surface area contributed by atoms with Gasteiger partial charge in [0.1, 0.15) is 11.9 Å². The summed E-state index contributed by atoms with van der Waals surface area (Å²) < 4.78 is 15.4. The number of hydrogen-bond acceptors (Lipinski definition) is 4. The Kier molecular flexibility index (Phi) is 5.64. The molecule has 1 aliphatic rings. The Balaban J connectivity index is 1.98. The molecule has 9 heteroatoms. The van der Waals surface area contributed by atoms with Gasteiger partial charge in [-0.15, -0.1) is 0 Å². The number of amides is 1. The Morgan fingerprint density at radius 3 is 2.39 bits per heavy atom. The molecule has 0 radical (unpaired) electrons. The third kappa shape index (κ3) is 3.99. The Hall–Kier alpha value is -2.94. The zero-order valence-corrected chi connectivity index (χ0v) is 15.5. The summed E-state index contributed by atoms with van der Waals surface area (Å²) in [5, 5.41) is 19.4. The van der Waals surface area contributed by atoms with Crippen LogP contribution in [0.15, 0.2) is 24.4 Å². The molecule has 1 saturated heterocycles. The lowest BCUT2D eigenvalue weighted by Crippen LogP contribution is -2.50. The van der Waals surface area contributed by atoms with Crippen LogP contribution in [-0.2, 0) is 20.9 Å². The lowest BCUT2D eigenvalue weighted by molar-refractivity contribution is -0.145. The Morgan fingerprint density at radius 2 is 1.82 bits per heavy atom. The van der Waals surface area contributed by atoms with E-state index in [1.54, 1.807) is 20.6 Å². The number of halogens is 1. The molecule has 3 rings (SSSR count). The molecule has 0 aliphatic carbocycles. The van der Waals surface area contributed by atoms with E-state index < -0.39 is 23.8 Å². The molecule has 0 bridgehead atoms. The van der Waals surface area contributed by atoms with Gasteiger partial charge in [0.15, 0.2) is 0 Å². The molecule has 8 nitrogen and oxygen atoms in total. The quantitative estimate of drug-likeness (QED) is 0.774.